The van der Waals surface area contributed by atoms with Crippen LogP contribution in [0.5, 0.6) is 0 Å². The normalized spacial score (nSPS) is 25.8. The van der Waals surface area contributed by atoms with Gasteiger partial charge in [0.15, 0.2) is 0 Å². The lowest BCUT2D eigenvalue weighted by atomic mass is 9.99. The van der Waals surface area contributed by atoms with Crippen LogP contribution in [-0.4, -0.2) is 37.7 Å². The summed E-state index contributed by atoms with van der Waals surface area (Å²) in [6, 6.07) is 0.664. The van der Waals surface area contributed by atoms with E-state index in [1.165, 1.54) is 38.2 Å². The van der Waals surface area contributed by atoms with Crippen LogP contribution >= 0.6 is 11.8 Å². The summed E-state index contributed by atoms with van der Waals surface area (Å²) < 4.78 is 0. The summed E-state index contributed by atoms with van der Waals surface area (Å²) in [5.41, 5.74) is 0. The molecule has 0 amide bonds. The molecule has 1 aliphatic heterocycles. The van der Waals surface area contributed by atoms with Gasteiger partial charge in [-0.25, -0.2) is 0 Å². The van der Waals surface area contributed by atoms with Crippen molar-refractivity contribution >= 4 is 11.8 Å². The van der Waals surface area contributed by atoms with Gasteiger partial charge in [-0.1, -0.05) is 0 Å². The quantitative estimate of drug-likeness (QED) is 0.703. The Kier molecular flexibility index (Phi) is 5.83. The van der Waals surface area contributed by atoms with E-state index in [0.29, 0.717) is 6.04 Å². The predicted molar refractivity (Wildman–Crippen MR) is 61.4 cm³/mol. The highest BCUT2D eigenvalue weighted by atomic mass is 32.2. The highest BCUT2D eigenvalue weighted by Gasteiger charge is 2.13. The van der Waals surface area contributed by atoms with E-state index in [-0.39, 0.29) is 0 Å². The molecule has 2 unspecified atom stereocenters. The summed E-state index contributed by atoms with van der Waals surface area (Å²) >= 11 is 1.92. The molecule has 1 saturated heterocycles. The summed E-state index contributed by atoms with van der Waals surface area (Å²) in [7, 11) is 0. The van der Waals surface area contributed by atoms with Crippen LogP contribution in [0.3, 0.4) is 0 Å². The average molecular weight is 202 g/mol. The fourth-order valence-electron chi connectivity index (χ4n) is 1.77. The molecule has 0 aromatic rings. The number of thioether (sulfide) groups is 1. The van der Waals surface area contributed by atoms with Crippen molar-refractivity contribution in [1.82, 2.24) is 10.6 Å². The van der Waals surface area contributed by atoms with E-state index in [2.05, 4.69) is 23.8 Å². The van der Waals surface area contributed by atoms with Crippen LogP contribution in [0, 0.1) is 5.92 Å². The molecule has 0 saturated carbocycles. The van der Waals surface area contributed by atoms with Crippen LogP contribution in [0.2, 0.25) is 0 Å². The Morgan fingerprint density at radius 1 is 1.62 bits per heavy atom. The minimum atomic E-state index is 0.664. The van der Waals surface area contributed by atoms with Crippen molar-refractivity contribution in [3.63, 3.8) is 0 Å². The monoisotopic (exact) mass is 202 g/mol. The topological polar surface area (TPSA) is 24.1 Å². The first-order chi connectivity index (χ1) is 6.33. The molecule has 1 heterocycles. The molecule has 2 N–H and O–H groups in total. The maximum atomic E-state index is 3.59. The highest BCUT2D eigenvalue weighted by molar-refractivity contribution is 7.98. The second kappa shape index (κ2) is 6.68. The van der Waals surface area contributed by atoms with E-state index in [4.69, 9.17) is 0 Å². The van der Waals surface area contributed by atoms with Crippen molar-refractivity contribution in [3.8, 4) is 0 Å². The van der Waals surface area contributed by atoms with Gasteiger partial charge in [-0.05, 0) is 51.6 Å². The first-order valence-corrected chi connectivity index (χ1v) is 6.65. The van der Waals surface area contributed by atoms with Gasteiger partial charge in [-0.2, -0.15) is 11.8 Å². The first-order valence-electron chi connectivity index (χ1n) is 5.26. The molecule has 1 rings (SSSR count). The van der Waals surface area contributed by atoms with Crippen molar-refractivity contribution in [3.05, 3.63) is 0 Å². The third-order valence-corrected chi connectivity index (χ3v) is 3.40. The number of hydrogen-bond donors (Lipinski definition) is 2. The van der Waals surface area contributed by atoms with Crippen LogP contribution in [0.15, 0.2) is 0 Å². The Morgan fingerprint density at radius 2 is 2.46 bits per heavy atom. The van der Waals surface area contributed by atoms with E-state index in [9.17, 15) is 0 Å². The molecule has 0 spiro atoms. The summed E-state index contributed by atoms with van der Waals surface area (Å²) in [6.45, 7) is 5.89. The summed E-state index contributed by atoms with van der Waals surface area (Å²) in [6.07, 6.45) is 4.91. The zero-order chi connectivity index (χ0) is 9.52. The lowest BCUT2D eigenvalue weighted by Gasteiger charge is -2.24. The molecule has 13 heavy (non-hydrogen) atoms. The lowest BCUT2D eigenvalue weighted by Crippen LogP contribution is -2.39. The highest BCUT2D eigenvalue weighted by Crippen LogP contribution is 2.08. The van der Waals surface area contributed by atoms with E-state index in [1.54, 1.807) is 0 Å². The van der Waals surface area contributed by atoms with Crippen LogP contribution in [0.1, 0.15) is 19.8 Å². The Bertz CT molecular complexity index is 124. The van der Waals surface area contributed by atoms with Crippen molar-refractivity contribution in [2.75, 3.05) is 31.6 Å². The average Bonchev–Trinajstić information content (AvgIpc) is 2.17. The van der Waals surface area contributed by atoms with E-state index in [0.717, 1.165) is 5.92 Å². The molecule has 2 atom stereocenters. The molecule has 2 nitrogen and oxygen atoms in total. The molecule has 78 valence electrons. The van der Waals surface area contributed by atoms with Gasteiger partial charge in [-0.15, -0.1) is 0 Å². The number of nitrogens with one attached hydrogen (secondary N) is 2. The van der Waals surface area contributed by atoms with Crippen LogP contribution in [0.25, 0.3) is 0 Å². The molecule has 0 bridgehead atoms. The zero-order valence-electron chi connectivity index (χ0n) is 8.81. The maximum absolute atomic E-state index is 3.59. The summed E-state index contributed by atoms with van der Waals surface area (Å²) in [5, 5.41) is 7.04. The Balaban J connectivity index is 2.03. The predicted octanol–water partition coefficient (Wildman–Crippen LogP) is 1.33. The molecular formula is C10H22N2S. The third-order valence-electron chi connectivity index (χ3n) is 2.57. The standard InChI is InChI=1S/C10H22N2S/c1-9(8-13-2)12-7-10-4-3-5-11-6-10/h9-12H,3-8H2,1-2H3. The van der Waals surface area contributed by atoms with E-state index < -0.39 is 0 Å². The Labute approximate surface area is 86.2 Å². The van der Waals surface area contributed by atoms with Gasteiger partial charge < -0.3 is 10.6 Å². The molecule has 1 aliphatic rings. The van der Waals surface area contributed by atoms with Gasteiger partial charge >= 0.3 is 0 Å². The minimum Gasteiger partial charge on any atom is -0.316 e. The van der Waals surface area contributed by atoms with Crippen molar-refractivity contribution in [2.24, 2.45) is 5.92 Å². The van der Waals surface area contributed by atoms with Gasteiger partial charge in [0, 0.05) is 11.8 Å². The zero-order valence-corrected chi connectivity index (χ0v) is 9.62. The molecule has 0 aromatic heterocycles. The number of hydrogen-bond acceptors (Lipinski definition) is 3. The van der Waals surface area contributed by atoms with Gasteiger partial charge in [0.25, 0.3) is 0 Å². The van der Waals surface area contributed by atoms with Gasteiger partial charge in [0.05, 0.1) is 0 Å². The fraction of sp³-hybridized carbons (Fsp3) is 1.00. The molecule has 3 heteroatoms. The van der Waals surface area contributed by atoms with Crippen LogP contribution < -0.4 is 10.6 Å². The number of rotatable bonds is 5. The van der Waals surface area contributed by atoms with E-state index >= 15 is 0 Å². The van der Waals surface area contributed by atoms with Gasteiger partial charge in [0.2, 0.25) is 0 Å². The molecular weight excluding hydrogens is 180 g/mol. The second-order valence-corrected chi connectivity index (χ2v) is 4.89. The first kappa shape index (κ1) is 11.3. The maximum Gasteiger partial charge on any atom is 0.0129 e. The second-order valence-electron chi connectivity index (χ2n) is 3.98. The van der Waals surface area contributed by atoms with Crippen molar-refractivity contribution < 1.29 is 0 Å². The Morgan fingerprint density at radius 3 is 3.08 bits per heavy atom. The van der Waals surface area contributed by atoms with E-state index in [1.807, 2.05) is 11.8 Å². The summed E-state index contributed by atoms with van der Waals surface area (Å²) in [4.78, 5) is 0. The molecule has 1 fully saturated rings. The van der Waals surface area contributed by atoms with Gasteiger partial charge in [-0.3, -0.25) is 0 Å². The minimum absolute atomic E-state index is 0.664. The largest absolute Gasteiger partial charge is 0.316 e. The fourth-order valence-corrected chi connectivity index (χ4v) is 2.39. The van der Waals surface area contributed by atoms with Crippen LogP contribution in [-0.2, 0) is 0 Å². The summed E-state index contributed by atoms with van der Waals surface area (Å²) in [5.74, 6) is 2.08. The number of piperidine rings is 1. The molecule has 0 radical (unpaired) electrons. The van der Waals surface area contributed by atoms with Crippen LogP contribution in [0.4, 0.5) is 0 Å². The van der Waals surface area contributed by atoms with Crippen molar-refractivity contribution in [2.45, 2.75) is 25.8 Å². The smallest absolute Gasteiger partial charge is 0.0129 e. The van der Waals surface area contributed by atoms with Crippen molar-refractivity contribution in [1.29, 1.82) is 0 Å². The molecule has 0 aliphatic carbocycles. The Hall–Kier alpha value is 0.270. The molecule has 0 aromatic carbocycles. The van der Waals surface area contributed by atoms with Gasteiger partial charge in [0.1, 0.15) is 0 Å². The lowest BCUT2D eigenvalue weighted by molar-refractivity contribution is 0.351. The third kappa shape index (κ3) is 4.89. The SMILES string of the molecule is CSCC(C)NCC1CCCNC1.